The van der Waals surface area contributed by atoms with Crippen molar-refractivity contribution in [3.63, 3.8) is 0 Å². The van der Waals surface area contributed by atoms with Gasteiger partial charge in [-0.1, -0.05) is 75.7 Å². The molecule has 0 saturated heterocycles. The Morgan fingerprint density at radius 2 is 1.28 bits per heavy atom. The van der Waals surface area contributed by atoms with Crippen molar-refractivity contribution >= 4 is 23.8 Å². The number of hydrogen-bond donors (Lipinski definition) is 5. The number of rotatable bonds is 9. The van der Waals surface area contributed by atoms with Gasteiger partial charge in [0.15, 0.2) is 0 Å². The number of nitrogens with one attached hydrogen (secondary N) is 4. The summed E-state index contributed by atoms with van der Waals surface area (Å²) in [6, 6.07) is -2.11. The van der Waals surface area contributed by atoms with Crippen molar-refractivity contribution in [2.75, 3.05) is 13.6 Å². The number of carbonyl (C=O) groups excluding carboxylic acids is 4. The van der Waals surface area contributed by atoms with E-state index in [0.29, 0.717) is 19.4 Å². The van der Waals surface area contributed by atoms with Crippen molar-refractivity contribution in [2.45, 2.75) is 108 Å². The van der Waals surface area contributed by atoms with Gasteiger partial charge in [-0.2, -0.15) is 0 Å². The molecule has 0 radical (unpaired) electrons. The third-order valence-electron chi connectivity index (χ3n) is 3.16. The molecular weight excluding hydrogens is 410 g/mol. The Balaban J connectivity index is -0.000000235. The largest absolute Gasteiger partial charge is 0.357 e. The summed E-state index contributed by atoms with van der Waals surface area (Å²) in [5, 5.41) is 10.1. The van der Waals surface area contributed by atoms with Crippen LogP contribution in [0, 0.1) is 5.92 Å². The van der Waals surface area contributed by atoms with E-state index in [1.807, 2.05) is 41.5 Å². The van der Waals surface area contributed by atoms with E-state index in [4.69, 9.17) is 5.73 Å². The Hall–Kier alpha value is -2.32. The average Bonchev–Trinajstić information content (AvgIpc) is 2.77. The molecule has 0 rings (SSSR count). The lowest BCUT2D eigenvalue weighted by atomic mass is 10.0. The summed E-state index contributed by atoms with van der Waals surface area (Å²) in [5.41, 5.74) is 4.96. The predicted molar refractivity (Wildman–Crippen MR) is 135 cm³/mol. The first-order valence-corrected chi connectivity index (χ1v) is 11.9. The van der Waals surface area contributed by atoms with Gasteiger partial charge in [0.25, 0.3) is 0 Å². The molecule has 0 fully saturated rings. The Labute approximate surface area is 197 Å². The zero-order chi connectivity index (χ0) is 26.7. The molecule has 0 aliphatic carbocycles. The molecule has 2 atom stereocenters. The Morgan fingerprint density at radius 3 is 1.59 bits per heavy atom. The van der Waals surface area contributed by atoms with E-state index in [9.17, 15) is 19.2 Å². The lowest BCUT2D eigenvalue weighted by Crippen LogP contribution is -2.54. The number of nitrogens with two attached hydrogens (primary N) is 1. The molecule has 0 spiro atoms. The molecule has 194 valence electrons. The first-order valence-electron chi connectivity index (χ1n) is 11.9. The first kappa shape index (κ1) is 40.1. The zero-order valence-corrected chi connectivity index (χ0v) is 22.8. The summed E-state index contributed by atoms with van der Waals surface area (Å²) in [6.07, 6.45) is 2.05. The van der Waals surface area contributed by atoms with Crippen molar-refractivity contribution in [1.29, 1.82) is 0 Å². The molecule has 6 N–H and O–H groups in total. The molecule has 0 bridgehead atoms. The van der Waals surface area contributed by atoms with E-state index >= 15 is 0 Å². The van der Waals surface area contributed by atoms with Crippen LogP contribution in [0.5, 0.6) is 0 Å². The number of carbonyl (C=O) groups is 4. The van der Waals surface area contributed by atoms with Gasteiger partial charge in [-0.3, -0.25) is 14.4 Å². The molecule has 0 aromatic heterocycles. The second-order valence-corrected chi connectivity index (χ2v) is 6.24. The lowest BCUT2D eigenvalue weighted by molar-refractivity contribution is -0.132. The highest BCUT2D eigenvalue weighted by Crippen LogP contribution is 2.04. The highest BCUT2D eigenvalue weighted by molar-refractivity contribution is 5.91. The van der Waals surface area contributed by atoms with Crippen molar-refractivity contribution in [1.82, 2.24) is 21.3 Å². The van der Waals surface area contributed by atoms with E-state index in [1.165, 1.54) is 20.4 Å². The number of hydrogen-bond acceptors (Lipinski definition) is 4. The van der Waals surface area contributed by atoms with Crippen LogP contribution in [0.4, 0.5) is 4.79 Å². The summed E-state index contributed by atoms with van der Waals surface area (Å²) < 4.78 is 0. The van der Waals surface area contributed by atoms with Crippen molar-refractivity contribution in [3.8, 4) is 0 Å². The summed E-state index contributed by atoms with van der Waals surface area (Å²) in [6.45, 7) is 21.5. The number of amides is 5. The van der Waals surface area contributed by atoms with Gasteiger partial charge in [-0.05, 0) is 18.8 Å². The monoisotopic (exact) mass is 463 g/mol. The lowest BCUT2D eigenvalue weighted by Gasteiger charge is -2.24. The predicted octanol–water partition coefficient (Wildman–Crippen LogP) is 3.32. The molecule has 0 aromatic carbocycles. The Morgan fingerprint density at radius 1 is 0.844 bits per heavy atom. The second kappa shape index (κ2) is 30.9. The minimum absolute atomic E-state index is 0.124. The molecule has 0 saturated carbocycles. The standard InChI is InChI=1S/C14H27N5O4.C3H8.3C2H6/c1-8(2)11(18-9(3)20)13(22)19-10(12(21)16-4)6-5-7-17-14(15)23;1-3-2;3*1-2/h8,10-11H,5-7H2,1-4H3,(H,16,21)(H,18,20)(H,19,22)(H3,15,17,23);3H2,1-2H3;3*1-2H3. The molecular formula is C23H53N5O4. The molecule has 5 amide bonds. The number of primary amides is 1. The molecule has 32 heavy (non-hydrogen) atoms. The minimum Gasteiger partial charge on any atom is -0.357 e. The molecule has 0 aromatic rings. The highest BCUT2D eigenvalue weighted by atomic mass is 16.2. The molecule has 2 unspecified atom stereocenters. The Kier molecular flexibility index (Phi) is 38.7. The van der Waals surface area contributed by atoms with Gasteiger partial charge in [0.2, 0.25) is 17.7 Å². The van der Waals surface area contributed by atoms with Gasteiger partial charge in [-0.25, -0.2) is 4.79 Å². The molecule has 0 aliphatic heterocycles. The van der Waals surface area contributed by atoms with E-state index in [2.05, 4.69) is 35.1 Å². The first-order chi connectivity index (χ1) is 15.1. The fraction of sp³-hybridized carbons (Fsp3) is 0.826. The van der Waals surface area contributed by atoms with Gasteiger partial charge in [0.1, 0.15) is 12.1 Å². The SMILES string of the molecule is CC.CC.CC.CCC.CNC(=O)C(CCCNC(N)=O)NC(=O)C(NC(C)=O)C(C)C. The summed E-state index contributed by atoms with van der Waals surface area (Å²) in [4.78, 5) is 46.0. The van der Waals surface area contributed by atoms with Crippen LogP contribution in [0.25, 0.3) is 0 Å². The average molecular weight is 464 g/mol. The summed E-state index contributed by atoms with van der Waals surface area (Å²) in [7, 11) is 1.47. The van der Waals surface area contributed by atoms with Gasteiger partial charge in [0, 0.05) is 20.5 Å². The van der Waals surface area contributed by atoms with Gasteiger partial charge < -0.3 is 27.0 Å². The maximum atomic E-state index is 12.3. The maximum absolute atomic E-state index is 12.3. The van der Waals surface area contributed by atoms with Crippen LogP contribution in [-0.2, 0) is 14.4 Å². The van der Waals surface area contributed by atoms with Crippen LogP contribution >= 0.6 is 0 Å². The molecule has 0 aliphatic rings. The maximum Gasteiger partial charge on any atom is 0.312 e. The van der Waals surface area contributed by atoms with Crippen LogP contribution < -0.4 is 27.0 Å². The number of urea groups is 1. The van der Waals surface area contributed by atoms with Crippen LogP contribution in [0.1, 0.15) is 95.4 Å². The molecule has 9 heteroatoms. The zero-order valence-electron chi connectivity index (χ0n) is 22.8. The van der Waals surface area contributed by atoms with Gasteiger partial charge >= 0.3 is 6.03 Å². The Bertz CT molecular complexity index is 458. The third-order valence-corrected chi connectivity index (χ3v) is 3.16. The fourth-order valence-corrected chi connectivity index (χ4v) is 1.98. The van der Waals surface area contributed by atoms with Gasteiger partial charge in [0.05, 0.1) is 0 Å². The highest BCUT2D eigenvalue weighted by Gasteiger charge is 2.27. The van der Waals surface area contributed by atoms with Crippen molar-refractivity contribution in [2.24, 2.45) is 11.7 Å². The summed E-state index contributed by atoms with van der Waals surface area (Å²) in [5.74, 6) is -1.21. The molecule has 9 nitrogen and oxygen atoms in total. The summed E-state index contributed by atoms with van der Waals surface area (Å²) >= 11 is 0. The van der Waals surface area contributed by atoms with E-state index in [0.717, 1.165) is 0 Å². The minimum atomic E-state index is -0.753. The van der Waals surface area contributed by atoms with E-state index in [1.54, 1.807) is 13.8 Å². The van der Waals surface area contributed by atoms with Crippen LogP contribution in [0.3, 0.4) is 0 Å². The van der Waals surface area contributed by atoms with Crippen molar-refractivity contribution < 1.29 is 19.2 Å². The van der Waals surface area contributed by atoms with Crippen LogP contribution in [0.2, 0.25) is 0 Å². The van der Waals surface area contributed by atoms with Crippen LogP contribution in [0.15, 0.2) is 0 Å². The van der Waals surface area contributed by atoms with E-state index < -0.39 is 24.0 Å². The quantitative estimate of drug-likeness (QED) is 0.334. The third kappa shape index (κ3) is 27.7. The van der Waals surface area contributed by atoms with E-state index in [-0.39, 0.29) is 17.7 Å². The van der Waals surface area contributed by atoms with Crippen LogP contribution in [-0.4, -0.2) is 49.4 Å². The van der Waals surface area contributed by atoms with Gasteiger partial charge in [-0.15, -0.1) is 0 Å². The molecule has 0 heterocycles. The topological polar surface area (TPSA) is 142 Å². The van der Waals surface area contributed by atoms with Crippen molar-refractivity contribution in [3.05, 3.63) is 0 Å². The normalized spacial score (nSPS) is 10.4. The fourth-order valence-electron chi connectivity index (χ4n) is 1.98. The smallest absolute Gasteiger partial charge is 0.312 e. The second-order valence-electron chi connectivity index (χ2n) is 6.24. The number of likely N-dealkylation sites (N-methyl/N-ethyl adjacent to an activating group) is 1.